The van der Waals surface area contributed by atoms with Crippen LogP contribution in [0.2, 0.25) is 0 Å². The number of hydrogen-bond donors (Lipinski definition) is 5. The minimum absolute atomic E-state index is 0.112. The molecule has 3 aliphatic heterocycles. The van der Waals surface area contributed by atoms with E-state index in [0.717, 1.165) is 94.6 Å². The van der Waals surface area contributed by atoms with Gasteiger partial charge in [-0.1, -0.05) is 78.9 Å². The van der Waals surface area contributed by atoms with Crippen LogP contribution < -0.4 is 10.6 Å². The van der Waals surface area contributed by atoms with Gasteiger partial charge in [-0.2, -0.15) is 0 Å². The molecule has 3 saturated heterocycles. The van der Waals surface area contributed by atoms with Crippen LogP contribution in [-0.4, -0.2) is 98.3 Å². The number of carboxylic acid groups (broad SMARTS) is 1. The number of rotatable bonds is 10. The van der Waals surface area contributed by atoms with Gasteiger partial charge in [0.05, 0.1) is 35.9 Å². The molecule has 0 saturated carbocycles. The summed E-state index contributed by atoms with van der Waals surface area (Å²) in [5.74, 6) is 0.972. The quantitative estimate of drug-likeness (QED) is 0.0910. The Hall–Kier alpha value is -7.00. The molecule has 5 heterocycles. The lowest BCUT2D eigenvalue weighted by atomic mass is 9.89. The van der Waals surface area contributed by atoms with Crippen molar-refractivity contribution in [1.82, 2.24) is 40.4 Å². The van der Waals surface area contributed by atoms with Crippen molar-refractivity contribution in [3.63, 3.8) is 0 Å². The third-order valence-corrected chi connectivity index (χ3v) is 13.7. The SMILES string of the molecule is COC(=O)NC(C(=O)N1CCCC1c1nc2c([nH]1)CCc1cc(-c3ccc(-c4ccc5nc([C@@H]6CCCN6C(=O)[C@@H](NC(=O)O)C6CCOCC6)[nH]c5c4)cc3)ccc1-2)c1ccccc1. The van der Waals surface area contributed by atoms with Gasteiger partial charge < -0.3 is 45.0 Å². The fourth-order valence-electron chi connectivity index (χ4n) is 10.3. The van der Waals surface area contributed by atoms with Gasteiger partial charge in [-0.3, -0.25) is 9.59 Å². The lowest BCUT2D eigenvalue weighted by molar-refractivity contribution is -0.137. The topological polar surface area (TPSA) is 195 Å². The van der Waals surface area contributed by atoms with Gasteiger partial charge in [-0.25, -0.2) is 19.6 Å². The number of hydrogen-bond acceptors (Lipinski definition) is 8. The van der Waals surface area contributed by atoms with E-state index >= 15 is 0 Å². The average molecular weight is 877 g/mol. The summed E-state index contributed by atoms with van der Waals surface area (Å²) < 4.78 is 10.4. The molecule has 5 N–H and O–H groups in total. The van der Waals surface area contributed by atoms with E-state index in [1.165, 1.54) is 12.7 Å². The van der Waals surface area contributed by atoms with Crippen molar-refractivity contribution < 1.29 is 33.8 Å². The Morgan fingerprint density at radius 3 is 2.08 bits per heavy atom. The predicted octanol–water partition coefficient (Wildman–Crippen LogP) is 7.87. The summed E-state index contributed by atoms with van der Waals surface area (Å²) in [5, 5.41) is 14.9. The highest BCUT2D eigenvalue weighted by atomic mass is 16.5. The number of carbonyl (C=O) groups is 4. The molecule has 4 aliphatic rings. The van der Waals surface area contributed by atoms with Gasteiger partial charge in [-0.15, -0.1) is 0 Å². The zero-order valence-corrected chi connectivity index (χ0v) is 36.2. The Labute approximate surface area is 375 Å². The normalized spacial score (nSPS) is 19.3. The smallest absolute Gasteiger partial charge is 0.407 e. The minimum atomic E-state index is -1.20. The number of nitrogens with one attached hydrogen (secondary N) is 4. The van der Waals surface area contributed by atoms with Crippen LogP contribution in [0.25, 0.3) is 44.5 Å². The minimum Gasteiger partial charge on any atom is -0.465 e. The van der Waals surface area contributed by atoms with Crippen molar-refractivity contribution in [2.45, 2.75) is 75.5 Å². The fraction of sp³-hybridized carbons (Fsp3) is 0.360. The third-order valence-electron chi connectivity index (χ3n) is 13.7. The molecule has 2 aromatic heterocycles. The zero-order chi connectivity index (χ0) is 44.6. The second kappa shape index (κ2) is 17.9. The van der Waals surface area contributed by atoms with Crippen molar-refractivity contribution in [1.29, 1.82) is 0 Å². The number of aromatic amines is 2. The lowest BCUT2D eigenvalue weighted by Gasteiger charge is -2.33. The van der Waals surface area contributed by atoms with Crippen LogP contribution in [0, 0.1) is 5.92 Å². The average Bonchev–Trinajstić information content (AvgIpc) is 4.18. The highest BCUT2D eigenvalue weighted by molar-refractivity contribution is 5.88. The van der Waals surface area contributed by atoms with Crippen LogP contribution >= 0.6 is 0 Å². The van der Waals surface area contributed by atoms with Gasteiger partial charge in [0.25, 0.3) is 5.91 Å². The van der Waals surface area contributed by atoms with Gasteiger partial charge in [-0.05, 0) is 103 Å². The monoisotopic (exact) mass is 876 g/mol. The van der Waals surface area contributed by atoms with Gasteiger partial charge >= 0.3 is 12.2 Å². The number of fused-ring (bicyclic) bond motifs is 4. The zero-order valence-electron chi connectivity index (χ0n) is 36.2. The number of alkyl carbamates (subject to hydrolysis) is 1. The van der Waals surface area contributed by atoms with Crippen molar-refractivity contribution >= 4 is 35.0 Å². The van der Waals surface area contributed by atoms with Crippen molar-refractivity contribution in [3.05, 3.63) is 119 Å². The molecule has 0 spiro atoms. The summed E-state index contributed by atoms with van der Waals surface area (Å²) >= 11 is 0. The van der Waals surface area contributed by atoms with Crippen LogP contribution in [0.1, 0.15) is 85.1 Å². The highest BCUT2D eigenvalue weighted by Crippen LogP contribution is 2.40. The number of H-pyrrole nitrogens is 2. The van der Waals surface area contributed by atoms with E-state index in [0.29, 0.717) is 50.5 Å². The maximum atomic E-state index is 14.1. The third kappa shape index (κ3) is 8.32. The molecule has 4 aromatic carbocycles. The standard InChI is InChI=1S/C50H52N8O7/c1-64-50(63)56-43(31-7-3-2-4-8-31)48(60)58-24-6-10-41(58)46-52-38-20-17-35-27-33(15-18-36(35)44(38)54-46)29-11-13-30(14-12-29)34-16-19-37-39(28-34)53-45(51-37)40-9-5-23-57(40)47(59)42(55-49(61)62)32-21-25-65-26-22-32/h2-4,7-8,11-16,18-19,27-28,32,40-43,55H,5-6,9-10,17,20-26H2,1H3,(H,51,53)(H,52,54)(H,56,63)(H,61,62)/t40-,41?,42-,43?/m0/s1. The van der Waals surface area contributed by atoms with E-state index in [4.69, 9.17) is 19.4 Å². The summed E-state index contributed by atoms with van der Waals surface area (Å²) in [6.45, 7) is 2.15. The van der Waals surface area contributed by atoms with E-state index in [2.05, 4.69) is 75.2 Å². The first-order valence-electron chi connectivity index (χ1n) is 22.6. The molecule has 4 amide bonds. The van der Waals surface area contributed by atoms with Crippen molar-refractivity contribution in [2.75, 3.05) is 33.4 Å². The van der Waals surface area contributed by atoms with Crippen LogP contribution in [0.4, 0.5) is 9.59 Å². The molecule has 65 heavy (non-hydrogen) atoms. The number of likely N-dealkylation sites (tertiary alicyclic amines) is 2. The number of amides is 4. The number of aromatic nitrogens is 4. The Morgan fingerprint density at radius 1 is 0.738 bits per heavy atom. The number of aryl methyl sites for hydroxylation is 2. The molecule has 4 atom stereocenters. The first kappa shape index (κ1) is 42.0. The van der Waals surface area contributed by atoms with Gasteiger partial charge in [0.2, 0.25) is 5.91 Å². The lowest BCUT2D eigenvalue weighted by Crippen LogP contribution is -2.52. The Bertz CT molecular complexity index is 2740. The Kier molecular flexibility index (Phi) is 11.5. The molecular formula is C50H52N8O7. The Balaban J connectivity index is 0.837. The number of benzene rings is 4. The van der Waals surface area contributed by atoms with E-state index in [1.54, 1.807) is 4.90 Å². The maximum absolute atomic E-state index is 14.1. The predicted molar refractivity (Wildman–Crippen MR) is 243 cm³/mol. The molecule has 0 bridgehead atoms. The fourth-order valence-corrected chi connectivity index (χ4v) is 10.3. The molecule has 0 radical (unpaired) electrons. The van der Waals surface area contributed by atoms with Crippen LogP contribution in [0.3, 0.4) is 0 Å². The van der Waals surface area contributed by atoms with Gasteiger partial charge in [0, 0.05) is 37.6 Å². The van der Waals surface area contributed by atoms with E-state index < -0.39 is 24.3 Å². The van der Waals surface area contributed by atoms with Crippen molar-refractivity contribution in [3.8, 4) is 33.5 Å². The van der Waals surface area contributed by atoms with Crippen molar-refractivity contribution in [2.24, 2.45) is 5.92 Å². The van der Waals surface area contributed by atoms with E-state index in [1.807, 2.05) is 41.3 Å². The summed E-state index contributed by atoms with van der Waals surface area (Å²) in [6.07, 6.45) is 4.23. The maximum Gasteiger partial charge on any atom is 0.407 e. The number of carbonyl (C=O) groups excluding carboxylic acids is 3. The second-order valence-corrected chi connectivity index (χ2v) is 17.5. The molecular weight excluding hydrogens is 825 g/mol. The number of nitrogens with zero attached hydrogens (tertiary/aromatic N) is 4. The van der Waals surface area contributed by atoms with Gasteiger partial charge in [0.15, 0.2) is 0 Å². The first-order chi connectivity index (χ1) is 31.7. The van der Waals surface area contributed by atoms with Gasteiger partial charge in [0.1, 0.15) is 23.7 Å². The van der Waals surface area contributed by atoms with Crippen LogP contribution in [0.15, 0.2) is 91.0 Å². The summed E-state index contributed by atoms with van der Waals surface area (Å²) in [4.78, 5) is 72.8. The highest BCUT2D eigenvalue weighted by Gasteiger charge is 2.41. The number of imidazole rings is 2. The molecule has 15 nitrogen and oxygen atoms in total. The summed E-state index contributed by atoms with van der Waals surface area (Å²) in [7, 11) is 1.29. The molecule has 3 fully saturated rings. The van der Waals surface area contributed by atoms with E-state index in [-0.39, 0.29) is 29.8 Å². The molecule has 6 aromatic rings. The Morgan fingerprint density at radius 2 is 1.38 bits per heavy atom. The first-order valence-corrected chi connectivity index (χ1v) is 22.6. The molecule has 15 heteroatoms. The molecule has 334 valence electrons. The number of methoxy groups -OCH3 is 1. The van der Waals surface area contributed by atoms with E-state index in [9.17, 15) is 24.3 Å². The van der Waals surface area contributed by atoms with Crippen LogP contribution in [-0.2, 0) is 31.9 Å². The molecule has 1 aliphatic carbocycles. The molecule has 10 rings (SSSR count). The summed E-state index contributed by atoms with van der Waals surface area (Å²) in [5.41, 5.74) is 11.0. The molecule has 2 unspecified atom stereocenters. The second-order valence-electron chi connectivity index (χ2n) is 17.5. The number of ether oxygens (including phenoxy) is 2. The largest absolute Gasteiger partial charge is 0.465 e. The van der Waals surface area contributed by atoms with Crippen LogP contribution in [0.5, 0.6) is 0 Å². The summed E-state index contributed by atoms with van der Waals surface area (Å²) in [6, 6.07) is 28.3.